The molecule has 1 aromatic carbocycles. The van der Waals surface area contributed by atoms with Crippen molar-refractivity contribution in [2.75, 3.05) is 0 Å². The lowest BCUT2D eigenvalue weighted by Gasteiger charge is -2.18. The molecular formula is C19H28O3. The molecule has 2 unspecified atom stereocenters. The summed E-state index contributed by atoms with van der Waals surface area (Å²) in [6.45, 7) is 5.93. The predicted molar refractivity (Wildman–Crippen MR) is 90.3 cm³/mol. The number of benzene rings is 1. The fourth-order valence-electron chi connectivity index (χ4n) is 2.08. The molecule has 0 saturated carbocycles. The highest BCUT2D eigenvalue weighted by atomic mass is 16.6. The molecule has 0 amide bonds. The van der Waals surface area contributed by atoms with Crippen molar-refractivity contribution in [3.63, 3.8) is 0 Å². The van der Waals surface area contributed by atoms with Crippen LogP contribution in [0.3, 0.4) is 0 Å². The molecule has 0 fully saturated rings. The summed E-state index contributed by atoms with van der Waals surface area (Å²) in [6, 6.07) is 9.83. The maximum atomic E-state index is 12.0. The van der Waals surface area contributed by atoms with Crippen molar-refractivity contribution in [3.05, 3.63) is 42.2 Å². The topological polar surface area (TPSA) is 35.5 Å². The number of unbranched alkanes of at least 4 members (excludes halogenated alkanes) is 2. The number of carbonyl (C=O) groups is 1. The summed E-state index contributed by atoms with van der Waals surface area (Å²) in [4.78, 5) is 12.0. The highest BCUT2D eigenvalue weighted by molar-refractivity contribution is 5.74. The standard InChI is InChI=1S/C19H28O3/c1-4-6-8-13-18(5-2)22-19(20)16(3)21-15-14-17-11-9-7-10-12-17/h7,9-12,14-16,18H,4-6,8,13H2,1-3H3. The molecule has 0 heterocycles. The molecular weight excluding hydrogens is 276 g/mol. The first kappa shape index (κ1) is 18.3. The monoisotopic (exact) mass is 304 g/mol. The Balaban J connectivity index is 2.35. The van der Waals surface area contributed by atoms with Gasteiger partial charge in [0.15, 0.2) is 6.10 Å². The van der Waals surface area contributed by atoms with Gasteiger partial charge in [-0.2, -0.15) is 0 Å². The lowest BCUT2D eigenvalue weighted by Crippen LogP contribution is -2.26. The van der Waals surface area contributed by atoms with Gasteiger partial charge >= 0.3 is 5.97 Å². The Bertz CT molecular complexity index is 439. The minimum Gasteiger partial charge on any atom is -0.487 e. The SMILES string of the molecule is CCCCCC(CC)OC(=O)C(C)OC=Cc1ccccc1. The molecule has 0 bridgehead atoms. The van der Waals surface area contributed by atoms with Crippen molar-refractivity contribution >= 4 is 12.0 Å². The quantitative estimate of drug-likeness (QED) is 0.348. The van der Waals surface area contributed by atoms with Gasteiger partial charge in [0, 0.05) is 0 Å². The van der Waals surface area contributed by atoms with Gasteiger partial charge in [0.25, 0.3) is 0 Å². The molecule has 0 saturated heterocycles. The minimum absolute atomic E-state index is 0.00297. The van der Waals surface area contributed by atoms with Gasteiger partial charge in [-0.1, -0.05) is 57.0 Å². The summed E-state index contributed by atoms with van der Waals surface area (Å²) in [6.07, 6.45) is 8.05. The average molecular weight is 304 g/mol. The number of hydrogen-bond acceptors (Lipinski definition) is 3. The number of hydrogen-bond donors (Lipinski definition) is 0. The smallest absolute Gasteiger partial charge is 0.347 e. The highest BCUT2D eigenvalue weighted by Crippen LogP contribution is 2.12. The predicted octanol–water partition coefficient (Wildman–Crippen LogP) is 4.96. The van der Waals surface area contributed by atoms with E-state index < -0.39 is 6.10 Å². The van der Waals surface area contributed by atoms with Crippen molar-refractivity contribution in [1.29, 1.82) is 0 Å². The largest absolute Gasteiger partial charge is 0.487 e. The van der Waals surface area contributed by atoms with Crippen LogP contribution in [0.25, 0.3) is 6.08 Å². The summed E-state index contributed by atoms with van der Waals surface area (Å²) in [7, 11) is 0. The van der Waals surface area contributed by atoms with E-state index in [9.17, 15) is 4.79 Å². The number of ether oxygens (including phenoxy) is 2. The maximum Gasteiger partial charge on any atom is 0.347 e. The van der Waals surface area contributed by atoms with Crippen LogP contribution in [0.1, 0.15) is 58.4 Å². The van der Waals surface area contributed by atoms with Crippen molar-refractivity contribution in [3.8, 4) is 0 Å². The third-order valence-corrected chi connectivity index (χ3v) is 3.54. The van der Waals surface area contributed by atoms with Crippen LogP contribution in [0.15, 0.2) is 36.6 Å². The van der Waals surface area contributed by atoms with Crippen LogP contribution >= 0.6 is 0 Å². The van der Waals surface area contributed by atoms with Crippen LogP contribution < -0.4 is 0 Å². The van der Waals surface area contributed by atoms with E-state index in [0.29, 0.717) is 0 Å². The van der Waals surface area contributed by atoms with Crippen molar-refractivity contribution in [1.82, 2.24) is 0 Å². The molecule has 122 valence electrons. The molecule has 0 spiro atoms. The Morgan fingerprint density at radius 1 is 1.18 bits per heavy atom. The molecule has 1 rings (SSSR count). The van der Waals surface area contributed by atoms with Gasteiger partial charge < -0.3 is 9.47 Å². The first-order valence-electron chi connectivity index (χ1n) is 8.24. The van der Waals surface area contributed by atoms with Gasteiger partial charge in [-0.25, -0.2) is 4.79 Å². The van der Waals surface area contributed by atoms with Crippen molar-refractivity contribution in [2.24, 2.45) is 0 Å². The first-order chi connectivity index (χ1) is 10.7. The van der Waals surface area contributed by atoms with Crippen molar-refractivity contribution in [2.45, 2.75) is 65.1 Å². The third kappa shape index (κ3) is 7.30. The summed E-state index contributed by atoms with van der Waals surface area (Å²) in [5.74, 6) is -0.291. The van der Waals surface area contributed by atoms with E-state index in [0.717, 1.165) is 24.8 Å². The van der Waals surface area contributed by atoms with E-state index in [1.54, 1.807) is 13.2 Å². The Morgan fingerprint density at radius 2 is 1.91 bits per heavy atom. The fourth-order valence-corrected chi connectivity index (χ4v) is 2.08. The number of carbonyl (C=O) groups excluding carboxylic acids is 1. The average Bonchev–Trinajstić information content (AvgIpc) is 2.54. The van der Waals surface area contributed by atoms with Crippen molar-refractivity contribution < 1.29 is 14.3 Å². The second kappa shape index (κ2) is 10.9. The summed E-state index contributed by atoms with van der Waals surface area (Å²) < 4.78 is 10.9. The van der Waals surface area contributed by atoms with Gasteiger partial charge in [0.05, 0.1) is 6.26 Å². The maximum absolute atomic E-state index is 12.0. The van der Waals surface area contributed by atoms with E-state index in [1.807, 2.05) is 43.3 Å². The van der Waals surface area contributed by atoms with Gasteiger partial charge in [-0.05, 0) is 37.8 Å². The van der Waals surface area contributed by atoms with E-state index in [-0.39, 0.29) is 12.1 Å². The molecule has 3 heteroatoms. The first-order valence-corrected chi connectivity index (χ1v) is 8.24. The molecule has 1 aromatic rings. The zero-order chi connectivity index (χ0) is 16.2. The van der Waals surface area contributed by atoms with Crippen LogP contribution in [0.5, 0.6) is 0 Å². The summed E-state index contributed by atoms with van der Waals surface area (Å²) in [5.41, 5.74) is 1.04. The van der Waals surface area contributed by atoms with Crippen LogP contribution in [0.2, 0.25) is 0 Å². The normalized spacial score (nSPS) is 13.8. The molecule has 0 aliphatic rings. The van der Waals surface area contributed by atoms with E-state index >= 15 is 0 Å². The number of esters is 1. The van der Waals surface area contributed by atoms with E-state index in [2.05, 4.69) is 6.92 Å². The van der Waals surface area contributed by atoms with E-state index in [1.165, 1.54) is 12.8 Å². The zero-order valence-electron chi connectivity index (χ0n) is 14.0. The van der Waals surface area contributed by atoms with Gasteiger partial charge in [0.1, 0.15) is 6.10 Å². The highest BCUT2D eigenvalue weighted by Gasteiger charge is 2.19. The molecule has 0 N–H and O–H groups in total. The van der Waals surface area contributed by atoms with Crippen LogP contribution in [-0.4, -0.2) is 18.2 Å². The fraction of sp³-hybridized carbons (Fsp3) is 0.526. The molecule has 3 nitrogen and oxygen atoms in total. The van der Waals surface area contributed by atoms with Crippen LogP contribution in [0, 0.1) is 0 Å². The lowest BCUT2D eigenvalue weighted by molar-refractivity contribution is -0.159. The number of rotatable bonds is 10. The summed E-state index contributed by atoms with van der Waals surface area (Å²) in [5, 5.41) is 0. The minimum atomic E-state index is -0.583. The van der Waals surface area contributed by atoms with Gasteiger partial charge in [0.2, 0.25) is 0 Å². The second-order valence-electron chi connectivity index (χ2n) is 5.45. The summed E-state index contributed by atoms with van der Waals surface area (Å²) >= 11 is 0. The Kier molecular flexibility index (Phi) is 9.04. The van der Waals surface area contributed by atoms with Gasteiger partial charge in [-0.15, -0.1) is 0 Å². The lowest BCUT2D eigenvalue weighted by atomic mass is 10.1. The molecule has 22 heavy (non-hydrogen) atoms. The molecule has 0 radical (unpaired) electrons. The molecule has 0 aliphatic carbocycles. The van der Waals surface area contributed by atoms with Crippen LogP contribution in [-0.2, 0) is 14.3 Å². The third-order valence-electron chi connectivity index (χ3n) is 3.54. The molecule has 0 aromatic heterocycles. The Morgan fingerprint density at radius 3 is 2.55 bits per heavy atom. The van der Waals surface area contributed by atoms with Gasteiger partial charge in [-0.3, -0.25) is 0 Å². The van der Waals surface area contributed by atoms with E-state index in [4.69, 9.17) is 9.47 Å². The van der Waals surface area contributed by atoms with Crippen LogP contribution in [0.4, 0.5) is 0 Å². The molecule has 0 aliphatic heterocycles. The zero-order valence-corrected chi connectivity index (χ0v) is 14.0. The molecule has 2 atom stereocenters. The Hall–Kier alpha value is -1.77. The Labute approximate surface area is 134 Å². The second-order valence-corrected chi connectivity index (χ2v) is 5.45.